The van der Waals surface area contributed by atoms with Crippen molar-refractivity contribution < 1.29 is 19.1 Å². The summed E-state index contributed by atoms with van der Waals surface area (Å²) in [5, 5.41) is 7.16. The van der Waals surface area contributed by atoms with Crippen LogP contribution in [0.4, 0.5) is 5.00 Å². The first-order valence-corrected chi connectivity index (χ1v) is 12.8. The molecule has 0 saturated carbocycles. The molecule has 3 aromatic rings. The number of benzene rings is 2. The molecule has 0 atom stereocenters. The van der Waals surface area contributed by atoms with Gasteiger partial charge in [-0.3, -0.25) is 0 Å². The Hall–Kier alpha value is -3.23. The fraction of sp³-hybridized carbons (Fsp3) is 0.296. The maximum absolute atomic E-state index is 12.6. The predicted molar refractivity (Wildman–Crippen MR) is 145 cm³/mol. The van der Waals surface area contributed by atoms with Crippen molar-refractivity contribution in [2.24, 2.45) is 0 Å². The Bertz CT molecular complexity index is 1110. The summed E-state index contributed by atoms with van der Waals surface area (Å²) in [5.41, 5.74) is 3.29. The molecule has 0 aliphatic rings. The molecule has 184 valence electrons. The van der Waals surface area contributed by atoms with Gasteiger partial charge in [0, 0.05) is 12.5 Å². The molecule has 8 heteroatoms. The molecule has 3 rings (SSSR count). The van der Waals surface area contributed by atoms with E-state index in [2.05, 4.69) is 34.9 Å². The zero-order valence-corrected chi connectivity index (χ0v) is 21.8. The number of thiophene rings is 1. The molecule has 0 fully saturated rings. The van der Waals surface area contributed by atoms with E-state index < -0.39 is 11.9 Å². The topological polar surface area (TPSA) is 76.7 Å². The summed E-state index contributed by atoms with van der Waals surface area (Å²) < 4.78 is 10.3. The van der Waals surface area contributed by atoms with Crippen LogP contribution < -0.4 is 10.6 Å². The molecule has 0 aliphatic carbocycles. The van der Waals surface area contributed by atoms with Gasteiger partial charge in [-0.25, -0.2) is 9.59 Å². The number of thiocarbonyl (C=S) groups is 1. The highest BCUT2D eigenvalue weighted by molar-refractivity contribution is 7.80. The number of hydrogen-bond acceptors (Lipinski definition) is 6. The molecule has 0 amide bonds. The second kappa shape index (κ2) is 13.0. The lowest BCUT2D eigenvalue weighted by molar-refractivity contribution is 0.0527. The summed E-state index contributed by atoms with van der Waals surface area (Å²) >= 11 is 6.65. The Labute approximate surface area is 215 Å². The van der Waals surface area contributed by atoms with Crippen molar-refractivity contribution in [2.75, 3.05) is 25.1 Å². The van der Waals surface area contributed by atoms with Gasteiger partial charge in [-0.2, -0.15) is 0 Å². The number of hydrogen-bond donors (Lipinski definition) is 2. The number of carbonyl (C=O) groups excluding carboxylic acids is 2. The number of rotatable bonds is 10. The van der Waals surface area contributed by atoms with Gasteiger partial charge >= 0.3 is 11.9 Å². The summed E-state index contributed by atoms with van der Waals surface area (Å²) in [4.78, 5) is 25.3. The SMILES string of the molecule is CCOC(=O)c1sc(NC(=S)NCCC(c2ccccc2)c2ccccc2)c(C(=O)OCC)c1C. The third-order valence-electron chi connectivity index (χ3n) is 5.44. The van der Waals surface area contributed by atoms with Crippen molar-refractivity contribution >= 4 is 45.6 Å². The average Bonchev–Trinajstić information content (AvgIpc) is 3.18. The van der Waals surface area contributed by atoms with Crippen molar-refractivity contribution in [1.29, 1.82) is 0 Å². The standard InChI is InChI=1S/C27H30N2O4S2/c1-4-32-25(30)22-18(3)23(26(31)33-5-2)35-24(22)29-27(34)28-17-16-21(19-12-8-6-9-13-19)20-14-10-7-11-15-20/h6-15,21H,4-5,16-17H2,1-3H3,(H2,28,29,34). The minimum Gasteiger partial charge on any atom is -0.462 e. The van der Waals surface area contributed by atoms with Crippen molar-refractivity contribution in [3.8, 4) is 0 Å². The van der Waals surface area contributed by atoms with Crippen LogP contribution in [0.1, 0.15) is 62.9 Å². The first-order valence-electron chi connectivity index (χ1n) is 11.6. The molecule has 1 aromatic heterocycles. The van der Waals surface area contributed by atoms with Crippen LogP contribution in [0, 0.1) is 6.92 Å². The number of carbonyl (C=O) groups is 2. The molecular weight excluding hydrogens is 480 g/mol. The fourth-order valence-electron chi connectivity index (χ4n) is 3.82. The van der Waals surface area contributed by atoms with Gasteiger partial charge < -0.3 is 20.1 Å². The summed E-state index contributed by atoms with van der Waals surface area (Å²) in [6.45, 7) is 6.28. The van der Waals surface area contributed by atoms with Crippen LogP contribution in [0.3, 0.4) is 0 Å². The number of nitrogens with one attached hydrogen (secondary N) is 2. The van der Waals surface area contributed by atoms with Crippen LogP contribution in [0.5, 0.6) is 0 Å². The van der Waals surface area contributed by atoms with Gasteiger partial charge in [0.25, 0.3) is 0 Å². The van der Waals surface area contributed by atoms with Crippen molar-refractivity contribution in [1.82, 2.24) is 5.32 Å². The molecule has 6 nitrogen and oxygen atoms in total. The van der Waals surface area contributed by atoms with E-state index in [1.54, 1.807) is 20.8 Å². The Morgan fingerprint density at radius 2 is 1.46 bits per heavy atom. The molecule has 0 radical (unpaired) electrons. The van der Waals surface area contributed by atoms with Crippen LogP contribution in [-0.2, 0) is 9.47 Å². The zero-order valence-electron chi connectivity index (χ0n) is 20.1. The van der Waals surface area contributed by atoms with E-state index in [0.29, 0.717) is 32.7 Å². The minimum absolute atomic E-state index is 0.210. The molecular formula is C27H30N2O4S2. The van der Waals surface area contributed by atoms with E-state index in [9.17, 15) is 9.59 Å². The first-order chi connectivity index (χ1) is 17.0. The van der Waals surface area contributed by atoms with Gasteiger partial charge in [0.2, 0.25) is 0 Å². The first kappa shape index (κ1) is 26.4. The van der Waals surface area contributed by atoms with E-state index in [4.69, 9.17) is 21.7 Å². The molecule has 35 heavy (non-hydrogen) atoms. The Kier molecular flexibility index (Phi) is 9.81. The molecule has 0 unspecified atom stereocenters. The van der Waals surface area contributed by atoms with Crippen LogP contribution in [0.15, 0.2) is 60.7 Å². The van der Waals surface area contributed by atoms with Crippen LogP contribution >= 0.6 is 23.6 Å². The van der Waals surface area contributed by atoms with Crippen molar-refractivity contribution in [2.45, 2.75) is 33.1 Å². The second-order valence-corrected chi connectivity index (χ2v) is 9.17. The minimum atomic E-state index is -0.504. The Morgan fingerprint density at radius 3 is 2.00 bits per heavy atom. The maximum Gasteiger partial charge on any atom is 0.348 e. The van der Waals surface area contributed by atoms with Gasteiger partial charge in [0.05, 0.1) is 18.8 Å². The Balaban J connectivity index is 1.72. The zero-order chi connectivity index (χ0) is 25.2. The molecule has 0 aliphatic heterocycles. The van der Waals surface area contributed by atoms with Gasteiger partial charge in [-0.15, -0.1) is 11.3 Å². The fourth-order valence-corrected chi connectivity index (χ4v) is 5.18. The molecule has 2 aromatic carbocycles. The monoisotopic (exact) mass is 510 g/mol. The van der Waals surface area contributed by atoms with Gasteiger partial charge in [0.1, 0.15) is 9.88 Å². The lowest BCUT2D eigenvalue weighted by Crippen LogP contribution is -2.30. The average molecular weight is 511 g/mol. The summed E-state index contributed by atoms with van der Waals surface area (Å²) in [5.74, 6) is -0.765. The van der Waals surface area contributed by atoms with Crippen molar-refractivity contribution in [3.63, 3.8) is 0 Å². The van der Waals surface area contributed by atoms with Crippen LogP contribution in [0.2, 0.25) is 0 Å². The molecule has 0 spiro atoms. The smallest absolute Gasteiger partial charge is 0.348 e. The quantitative estimate of drug-likeness (QED) is 0.259. The maximum atomic E-state index is 12.6. The highest BCUT2D eigenvalue weighted by Gasteiger charge is 2.27. The molecule has 0 bridgehead atoms. The normalized spacial score (nSPS) is 10.6. The lowest BCUT2D eigenvalue weighted by Gasteiger charge is -2.19. The van der Waals surface area contributed by atoms with E-state index in [-0.39, 0.29) is 19.1 Å². The summed E-state index contributed by atoms with van der Waals surface area (Å²) in [7, 11) is 0. The van der Waals surface area contributed by atoms with Crippen LogP contribution in [-0.4, -0.2) is 36.8 Å². The van der Waals surface area contributed by atoms with E-state index in [0.717, 1.165) is 17.8 Å². The highest BCUT2D eigenvalue weighted by Crippen LogP contribution is 2.34. The number of anilines is 1. The molecule has 1 heterocycles. The van der Waals surface area contributed by atoms with Crippen LogP contribution in [0.25, 0.3) is 0 Å². The molecule has 0 saturated heterocycles. The summed E-state index contributed by atoms with van der Waals surface area (Å²) in [6, 6.07) is 20.7. The number of ether oxygens (including phenoxy) is 2. The van der Waals surface area contributed by atoms with Gasteiger partial charge in [-0.05, 0) is 56.1 Å². The second-order valence-electron chi connectivity index (χ2n) is 7.74. The lowest BCUT2D eigenvalue weighted by atomic mass is 9.88. The van der Waals surface area contributed by atoms with E-state index >= 15 is 0 Å². The number of esters is 2. The predicted octanol–water partition coefficient (Wildman–Crippen LogP) is 5.92. The third kappa shape index (κ3) is 6.90. The summed E-state index contributed by atoms with van der Waals surface area (Å²) in [6.07, 6.45) is 0.818. The molecule has 2 N–H and O–H groups in total. The third-order valence-corrected chi connectivity index (χ3v) is 6.87. The Morgan fingerprint density at radius 1 is 0.914 bits per heavy atom. The van der Waals surface area contributed by atoms with Gasteiger partial charge in [-0.1, -0.05) is 60.7 Å². The van der Waals surface area contributed by atoms with Gasteiger partial charge in [0.15, 0.2) is 5.11 Å². The van der Waals surface area contributed by atoms with E-state index in [1.165, 1.54) is 11.1 Å². The highest BCUT2D eigenvalue weighted by atomic mass is 32.1. The van der Waals surface area contributed by atoms with E-state index in [1.807, 2.05) is 36.4 Å². The van der Waals surface area contributed by atoms with Crippen molar-refractivity contribution in [3.05, 3.63) is 87.8 Å². The largest absolute Gasteiger partial charge is 0.462 e.